The molecule has 51 heavy (non-hydrogen) atoms. The number of aliphatic hydroxyl groups excluding tert-OH is 3. The molecule has 6 rings (SSSR count). The molecule has 0 radical (unpaired) electrons. The number of rotatable bonds is 11. The molecule has 0 amide bonds. The second-order valence-corrected chi connectivity index (χ2v) is 18.8. The lowest BCUT2D eigenvalue weighted by molar-refractivity contribution is -0.231. The van der Waals surface area contributed by atoms with Crippen LogP contribution in [-0.4, -0.2) is 54.0 Å². The zero-order valence-corrected chi connectivity index (χ0v) is 32.8. The average molecular weight is 703 g/mol. The predicted molar refractivity (Wildman–Crippen MR) is 203 cm³/mol. The Morgan fingerprint density at radius 3 is 1.80 bits per heavy atom. The van der Waals surface area contributed by atoms with E-state index in [0.29, 0.717) is 11.8 Å². The molecule has 0 aromatic heterocycles. The lowest BCUT2D eigenvalue weighted by Gasteiger charge is -2.56. The number of esters is 1. The summed E-state index contributed by atoms with van der Waals surface area (Å²) in [7, 11) is 0. The third kappa shape index (κ3) is 6.53. The SMILES string of the molecule is CC(C)c1ccc2c(c1)CCC1C(C)(C(=O)OCC(CO)(CO)COC(O)C3(C)CCCC4(C)c5ccc(C(C)C)cc5CCC43)CCCC21C. The summed E-state index contributed by atoms with van der Waals surface area (Å²) in [6.45, 7) is 16.8. The van der Waals surface area contributed by atoms with Gasteiger partial charge in [0.25, 0.3) is 0 Å². The van der Waals surface area contributed by atoms with Crippen LogP contribution in [0.3, 0.4) is 0 Å². The molecule has 2 aromatic rings. The quantitative estimate of drug-likeness (QED) is 0.161. The number of aryl methyl sites for hydroxylation is 2. The summed E-state index contributed by atoms with van der Waals surface area (Å²) in [5.74, 6) is 1.06. The molecule has 3 N–H and O–H groups in total. The number of hydrogen-bond acceptors (Lipinski definition) is 6. The van der Waals surface area contributed by atoms with Gasteiger partial charge < -0.3 is 24.8 Å². The van der Waals surface area contributed by atoms with Crippen LogP contribution in [-0.2, 0) is 37.9 Å². The first-order valence-electron chi connectivity index (χ1n) is 20.0. The third-order valence-electron chi connectivity index (χ3n) is 14.9. The third-order valence-corrected chi connectivity index (χ3v) is 14.9. The van der Waals surface area contributed by atoms with E-state index in [1.165, 1.54) is 33.4 Å². The van der Waals surface area contributed by atoms with Crippen molar-refractivity contribution in [2.75, 3.05) is 26.4 Å². The second kappa shape index (κ2) is 14.2. The number of carbonyl (C=O) groups is 1. The van der Waals surface area contributed by atoms with Crippen molar-refractivity contribution >= 4 is 5.97 Å². The van der Waals surface area contributed by atoms with E-state index in [0.717, 1.165) is 64.2 Å². The Hall–Kier alpha value is -2.25. The van der Waals surface area contributed by atoms with Gasteiger partial charge in [-0.2, -0.15) is 0 Å². The first kappa shape index (κ1) is 38.5. The fraction of sp³-hybridized carbons (Fsp3) is 0.711. The highest BCUT2D eigenvalue weighted by Crippen LogP contribution is 2.60. The normalized spacial score (nSPS) is 32.5. The standard InChI is InChI=1S/C45H66O6/c1-29(2)31-11-15-35-33(23-31)13-17-37-41(35,5)19-9-21-43(37,7)39(48)50-27-45(25-46,26-47)28-51-40(49)44(8)22-10-20-42(6)36-16-12-32(30(3)4)24-34(36)14-18-38(42)44/h11-12,15-16,23-24,29-30,37-39,46-48H,9-10,13-14,17-22,25-28H2,1-8H3. The number of fused-ring (bicyclic) bond motifs is 6. The first-order valence-corrected chi connectivity index (χ1v) is 20.0. The molecular formula is C45H66O6. The van der Waals surface area contributed by atoms with Crippen LogP contribution >= 0.6 is 0 Å². The van der Waals surface area contributed by atoms with Crippen molar-refractivity contribution in [3.8, 4) is 0 Å². The van der Waals surface area contributed by atoms with Crippen molar-refractivity contribution in [2.24, 2.45) is 28.1 Å². The zero-order valence-electron chi connectivity index (χ0n) is 32.8. The van der Waals surface area contributed by atoms with E-state index >= 15 is 0 Å². The molecule has 7 unspecified atom stereocenters. The molecule has 4 aliphatic rings. The number of carbonyl (C=O) groups excluding carboxylic acids is 1. The maximum Gasteiger partial charge on any atom is 0.312 e. The van der Waals surface area contributed by atoms with Crippen molar-refractivity contribution in [1.29, 1.82) is 0 Å². The summed E-state index contributed by atoms with van der Waals surface area (Å²) in [5, 5.41) is 33.1. The van der Waals surface area contributed by atoms with Gasteiger partial charge in [0.1, 0.15) is 6.61 Å². The number of aliphatic hydroxyl groups is 3. The molecule has 2 saturated carbocycles. The van der Waals surface area contributed by atoms with Gasteiger partial charge in [0, 0.05) is 5.41 Å². The van der Waals surface area contributed by atoms with Crippen LogP contribution < -0.4 is 0 Å². The molecule has 0 saturated heterocycles. The van der Waals surface area contributed by atoms with Gasteiger partial charge in [-0.3, -0.25) is 4.79 Å². The molecule has 282 valence electrons. The summed E-state index contributed by atoms with van der Waals surface area (Å²) in [4.78, 5) is 14.2. The van der Waals surface area contributed by atoms with Crippen molar-refractivity contribution in [2.45, 2.75) is 149 Å². The molecule has 6 nitrogen and oxygen atoms in total. The highest BCUT2D eigenvalue weighted by Gasteiger charge is 2.57. The summed E-state index contributed by atoms with van der Waals surface area (Å²) in [6, 6.07) is 13.9. The van der Waals surface area contributed by atoms with E-state index < -0.39 is 35.7 Å². The van der Waals surface area contributed by atoms with E-state index in [4.69, 9.17) is 9.47 Å². The minimum Gasteiger partial charge on any atom is -0.464 e. The molecule has 6 heteroatoms. The fourth-order valence-corrected chi connectivity index (χ4v) is 11.4. The van der Waals surface area contributed by atoms with Gasteiger partial charge in [-0.15, -0.1) is 0 Å². The van der Waals surface area contributed by atoms with Crippen LogP contribution in [0.15, 0.2) is 36.4 Å². The average Bonchev–Trinajstić information content (AvgIpc) is 3.11. The topological polar surface area (TPSA) is 96.2 Å². The Balaban J connectivity index is 1.14. The van der Waals surface area contributed by atoms with Gasteiger partial charge in [-0.05, 0) is 126 Å². The summed E-state index contributed by atoms with van der Waals surface area (Å²) in [5.41, 5.74) is 5.78. The Morgan fingerprint density at radius 1 is 0.765 bits per heavy atom. The van der Waals surface area contributed by atoms with Gasteiger partial charge in [0.2, 0.25) is 0 Å². The number of ether oxygens (including phenoxy) is 2. The zero-order chi connectivity index (χ0) is 37.0. The highest BCUT2D eigenvalue weighted by molar-refractivity contribution is 5.77. The number of benzene rings is 2. The van der Waals surface area contributed by atoms with E-state index in [2.05, 4.69) is 91.8 Å². The van der Waals surface area contributed by atoms with E-state index in [9.17, 15) is 20.1 Å². The summed E-state index contributed by atoms with van der Waals surface area (Å²) >= 11 is 0. The summed E-state index contributed by atoms with van der Waals surface area (Å²) < 4.78 is 12.4. The lowest BCUT2D eigenvalue weighted by atomic mass is 9.49. The number of hydrogen-bond donors (Lipinski definition) is 3. The second-order valence-electron chi connectivity index (χ2n) is 18.8. The molecule has 2 aromatic carbocycles. The van der Waals surface area contributed by atoms with Crippen LogP contribution in [0.25, 0.3) is 0 Å². The molecule has 2 fully saturated rings. The largest absolute Gasteiger partial charge is 0.464 e. The minimum absolute atomic E-state index is 0.0682. The lowest BCUT2D eigenvalue weighted by Crippen LogP contribution is -2.55. The Bertz CT molecular complexity index is 1580. The molecule has 4 aliphatic carbocycles. The van der Waals surface area contributed by atoms with Crippen LogP contribution in [0.2, 0.25) is 0 Å². The van der Waals surface area contributed by atoms with Crippen molar-refractivity contribution in [1.82, 2.24) is 0 Å². The minimum atomic E-state index is -1.22. The summed E-state index contributed by atoms with van der Waals surface area (Å²) in [6.07, 6.45) is 8.40. The van der Waals surface area contributed by atoms with Gasteiger partial charge in [0.15, 0.2) is 6.29 Å². The van der Waals surface area contributed by atoms with Gasteiger partial charge in [-0.1, -0.05) is 97.7 Å². The predicted octanol–water partition coefficient (Wildman–Crippen LogP) is 8.50. The van der Waals surface area contributed by atoms with Crippen molar-refractivity contribution < 1.29 is 29.6 Å². The molecule has 7 atom stereocenters. The molecule has 0 bridgehead atoms. The van der Waals surface area contributed by atoms with Gasteiger partial charge in [-0.25, -0.2) is 0 Å². The molecule has 0 spiro atoms. The van der Waals surface area contributed by atoms with Gasteiger partial charge in [0.05, 0.1) is 30.7 Å². The van der Waals surface area contributed by atoms with Crippen molar-refractivity contribution in [3.05, 3.63) is 69.8 Å². The Labute approximate surface area is 307 Å². The molecule has 0 heterocycles. The Morgan fingerprint density at radius 2 is 1.27 bits per heavy atom. The van der Waals surface area contributed by atoms with E-state index in [1.807, 2.05) is 0 Å². The maximum absolute atomic E-state index is 14.2. The fourth-order valence-electron chi connectivity index (χ4n) is 11.4. The van der Waals surface area contributed by atoms with Crippen LogP contribution in [0.5, 0.6) is 0 Å². The van der Waals surface area contributed by atoms with Crippen LogP contribution in [0.1, 0.15) is 152 Å². The van der Waals surface area contributed by atoms with Crippen molar-refractivity contribution in [3.63, 3.8) is 0 Å². The smallest absolute Gasteiger partial charge is 0.312 e. The maximum atomic E-state index is 14.2. The monoisotopic (exact) mass is 702 g/mol. The first-order chi connectivity index (χ1) is 24.1. The van der Waals surface area contributed by atoms with E-state index in [1.54, 1.807) is 0 Å². The van der Waals surface area contributed by atoms with Crippen LogP contribution in [0, 0.1) is 28.1 Å². The van der Waals surface area contributed by atoms with Gasteiger partial charge >= 0.3 is 5.97 Å². The molecule has 0 aliphatic heterocycles. The van der Waals surface area contributed by atoms with Crippen LogP contribution in [0.4, 0.5) is 0 Å². The van der Waals surface area contributed by atoms with E-state index in [-0.39, 0.29) is 41.8 Å². The highest BCUT2D eigenvalue weighted by atomic mass is 16.6. The Kier molecular flexibility index (Phi) is 10.7. The molecular weight excluding hydrogens is 636 g/mol.